The standard InChI is InChI=1S/C30H40ClN5O3/c1-22-20-25(39-2)9-10-27(22)32-30(38)35-14-11-24(12-15-35)36-13-5-6-23(21-36)29(37)34-18-16-33(17-19-34)28-8-4-3-7-26(28)31/h3-4,7-10,20,23-24H,5-6,11-19,21H2,1-2H3,(H,32,38). The van der Waals surface area contributed by atoms with Gasteiger partial charge >= 0.3 is 6.03 Å². The fraction of sp³-hybridized carbons (Fsp3) is 0.533. The van der Waals surface area contributed by atoms with Crippen molar-refractivity contribution in [2.75, 3.05) is 69.7 Å². The van der Waals surface area contributed by atoms with E-state index in [0.29, 0.717) is 11.9 Å². The molecule has 1 atom stereocenters. The quantitative estimate of drug-likeness (QED) is 0.580. The maximum absolute atomic E-state index is 13.5. The molecule has 1 N–H and O–H groups in total. The summed E-state index contributed by atoms with van der Waals surface area (Å²) in [6.45, 7) is 8.37. The smallest absolute Gasteiger partial charge is 0.321 e. The number of ether oxygens (including phenoxy) is 1. The van der Waals surface area contributed by atoms with Gasteiger partial charge in [-0.1, -0.05) is 23.7 Å². The number of piperazine rings is 1. The van der Waals surface area contributed by atoms with Crippen molar-refractivity contribution >= 4 is 34.9 Å². The van der Waals surface area contributed by atoms with E-state index in [-0.39, 0.29) is 11.9 Å². The van der Waals surface area contributed by atoms with E-state index in [4.69, 9.17) is 16.3 Å². The molecule has 0 aromatic heterocycles. The van der Waals surface area contributed by atoms with Crippen LogP contribution in [0.4, 0.5) is 16.2 Å². The Bertz CT molecular complexity index is 1160. The second kappa shape index (κ2) is 12.5. The number of hydrogen-bond donors (Lipinski definition) is 1. The summed E-state index contributed by atoms with van der Waals surface area (Å²) in [5.74, 6) is 1.14. The third-order valence-electron chi connectivity index (χ3n) is 8.53. The lowest BCUT2D eigenvalue weighted by molar-refractivity contribution is -0.138. The lowest BCUT2D eigenvalue weighted by atomic mass is 9.92. The first kappa shape index (κ1) is 27.6. The van der Waals surface area contributed by atoms with E-state index in [9.17, 15) is 9.59 Å². The van der Waals surface area contributed by atoms with Gasteiger partial charge < -0.3 is 24.8 Å². The molecule has 0 spiro atoms. The highest BCUT2D eigenvalue weighted by atomic mass is 35.5. The summed E-state index contributed by atoms with van der Waals surface area (Å²) in [7, 11) is 1.64. The number of aryl methyl sites for hydroxylation is 1. The molecule has 3 amide bonds. The van der Waals surface area contributed by atoms with Crippen LogP contribution < -0.4 is 15.0 Å². The normalized spacial score (nSPS) is 21.1. The lowest BCUT2D eigenvalue weighted by Gasteiger charge is -2.43. The van der Waals surface area contributed by atoms with Crippen LogP contribution in [0.3, 0.4) is 0 Å². The van der Waals surface area contributed by atoms with Crippen LogP contribution in [0.25, 0.3) is 0 Å². The molecule has 39 heavy (non-hydrogen) atoms. The molecular formula is C30H40ClN5O3. The number of anilines is 2. The number of urea groups is 1. The number of rotatable bonds is 5. The second-order valence-corrected chi connectivity index (χ2v) is 11.3. The summed E-state index contributed by atoms with van der Waals surface area (Å²) in [4.78, 5) is 35.1. The molecule has 1 unspecified atom stereocenters. The topological polar surface area (TPSA) is 68.4 Å². The number of piperidine rings is 2. The second-order valence-electron chi connectivity index (χ2n) is 10.9. The lowest BCUT2D eigenvalue weighted by Crippen LogP contribution is -2.55. The van der Waals surface area contributed by atoms with Gasteiger partial charge in [0.15, 0.2) is 0 Å². The summed E-state index contributed by atoms with van der Waals surface area (Å²) >= 11 is 6.39. The van der Waals surface area contributed by atoms with Crippen LogP contribution in [0.5, 0.6) is 5.75 Å². The fourth-order valence-corrected chi connectivity index (χ4v) is 6.46. The van der Waals surface area contributed by atoms with Crippen LogP contribution in [0.2, 0.25) is 5.02 Å². The summed E-state index contributed by atoms with van der Waals surface area (Å²) < 4.78 is 5.26. The van der Waals surface area contributed by atoms with Crippen molar-refractivity contribution in [2.45, 2.75) is 38.6 Å². The first-order valence-electron chi connectivity index (χ1n) is 14.2. The van der Waals surface area contributed by atoms with Crippen LogP contribution in [0.1, 0.15) is 31.2 Å². The molecule has 0 bridgehead atoms. The van der Waals surface area contributed by atoms with Gasteiger partial charge in [-0.05, 0) is 75.0 Å². The molecule has 2 aromatic rings. The van der Waals surface area contributed by atoms with Crippen molar-refractivity contribution in [2.24, 2.45) is 5.92 Å². The highest BCUT2D eigenvalue weighted by molar-refractivity contribution is 6.33. The minimum absolute atomic E-state index is 0.0515. The molecule has 3 fully saturated rings. The molecule has 2 aromatic carbocycles. The molecule has 3 heterocycles. The number of benzene rings is 2. The molecule has 3 aliphatic heterocycles. The zero-order valence-corrected chi connectivity index (χ0v) is 23.8. The Morgan fingerprint density at radius 2 is 1.67 bits per heavy atom. The Hall–Kier alpha value is -2.97. The van der Waals surface area contributed by atoms with Crippen molar-refractivity contribution in [3.8, 4) is 5.75 Å². The zero-order valence-electron chi connectivity index (χ0n) is 23.1. The van der Waals surface area contributed by atoms with Gasteiger partial charge in [-0.15, -0.1) is 0 Å². The first-order valence-corrected chi connectivity index (χ1v) is 14.5. The monoisotopic (exact) mass is 553 g/mol. The summed E-state index contributed by atoms with van der Waals surface area (Å²) in [6.07, 6.45) is 3.88. The van der Waals surface area contributed by atoms with E-state index in [1.54, 1.807) is 7.11 Å². The minimum Gasteiger partial charge on any atom is -0.497 e. The molecule has 0 aliphatic carbocycles. The number of nitrogens with one attached hydrogen (secondary N) is 1. The molecule has 5 rings (SSSR count). The molecule has 210 valence electrons. The number of carbonyl (C=O) groups excluding carboxylic acids is 2. The van der Waals surface area contributed by atoms with Gasteiger partial charge in [-0.3, -0.25) is 9.69 Å². The van der Waals surface area contributed by atoms with Crippen molar-refractivity contribution in [1.29, 1.82) is 0 Å². The molecule has 8 nitrogen and oxygen atoms in total. The molecule has 9 heteroatoms. The number of amides is 3. The van der Waals surface area contributed by atoms with Crippen molar-refractivity contribution in [3.63, 3.8) is 0 Å². The number of hydrogen-bond acceptors (Lipinski definition) is 5. The summed E-state index contributed by atoms with van der Waals surface area (Å²) in [6, 6.07) is 14.0. The van der Waals surface area contributed by atoms with Gasteiger partial charge in [0.2, 0.25) is 5.91 Å². The number of halogens is 1. The molecular weight excluding hydrogens is 514 g/mol. The van der Waals surface area contributed by atoms with Crippen LogP contribution in [-0.2, 0) is 4.79 Å². The SMILES string of the molecule is COc1ccc(NC(=O)N2CCC(N3CCCC(C(=O)N4CCN(c5ccccc5Cl)CC4)C3)CC2)c(C)c1. The number of para-hydroxylation sites is 1. The van der Waals surface area contributed by atoms with Crippen molar-refractivity contribution in [1.82, 2.24) is 14.7 Å². The van der Waals surface area contributed by atoms with Crippen LogP contribution >= 0.6 is 11.6 Å². The van der Waals surface area contributed by atoms with E-state index in [1.165, 1.54) is 0 Å². The highest BCUT2D eigenvalue weighted by Crippen LogP contribution is 2.29. The molecule has 0 saturated carbocycles. The van der Waals surface area contributed by atoms with E-state index < -0.39 is 0 Å². The highest BCUT2D eigenvalue weighted by Gasteiger charge is 2.35. The molecule has 3 saturated heterocycles. The largest absolute Gasteiger partial charge is 0.497 e. The van der Waals surface area contributed by atoms with E-state index in [2.05, 4.69) is 20.0 Å². The van der Waals surface area contributed by atoms with Crippen molar-refractivity contribution in [3.05, 3.63) is 53.1 Å². The first-order chi connectivity index (χ1) is 18.9. The molecule has 0 radical (unpaired) electrons. The van der Waals surface area contributed by atoms with E-state index >= 15 is 0 Å². The van der Waals surface area contributed by atoms with Crippen LogP contribution in [0.15, 0.2) is 42.5 Å². The number of nitrogens with zero attached hydrogens (tertiary/aromatic N) is 4. The van der Waals surface area contributed by atoms with Crippen molar-refractivity contribution < 1.29 is 14.3 Å². The average Bonchev–Trinajstić information content (AvgIpc) is 2.98. The fourth-order valence-electron chi connectivity index (χ4n) is 6.21. The zero-order chi connectivity index (χ0) is 27.4. The maximum Gasteiger partial charge on any atom is 0.321 e. The van der Waals surface area contributed by atoms with Gasteiger partial charge in [-0.2, -0.15) is 0 Å². The van der Waals surface area contributed by atoms with Crippen LogP contribution in [0, 0.1) is 12.8 Å². The minimum atomic E-state index is -0.0515. The summed E-state index contributed by atoms with van der Waals surface area (Å²) in [5.41, 5.74) is 2.84. The van der Waals surface area contributed by atoms with Gasteiger partial charge in [0, 0.05) is 57.5 Å². The Morgan fingerprint density at radius 3 is 2.36 bits per heavy atom. The Kier molecular flexibility index (Phi) is 8.82. The van der Waals surface area contributed by atoms with E-state index in [1.807, 2.05) is 54.3 Å². The third kappa shape index (κ3) is 6.44. The van der Waals surface area contributed by atoms with Gasteiger partial charge in [0.25, 0.3) is 0 Å². The summed E-state index contributed by atoms with van der Waals surface area (Å²) in [5, 5.41) is 3.82. The predicted molar refractivity (Wildman–Crippen MR) is 156 cm³/mol. The van der Waals surface area contributed by atoms with Gasteiger partial charge in [-0.25, -0.2) is 4.79 Å². The van der Waals surface area contributed by atoms with E-state index in [0.717, 1.165) is 106 Å². The Morgan fingerprint density at radius 1 is 0.923 bits per heavy atom. The third-order valence-corrected chi connectivity index (χ3v) is 8.85. The number of likely N-dealkylation sites (tertiary alicyclic amines) is 2. The predicted octanol–water partition coefficient (Wildman–Crippen LogP) is 4.71. The Labute approximate surface area is 236 Å². The maximum atomic E-state index is 13.5. The Balaban J connectivity index is 1.09. The van der Waals surface area contributed by atoms with Gasteiger partial charge in [0.05, 0.1) is 23.7 Å². The van der Waals surface area contributed by atoms with Gasteiger partial charge in [0.1, 0.15) is 5.75 Å². The molecule has 3 aliphatic rings. The average molecular weight is 554 g/mol. The number of carbonyl (C=O) groups is 2. The number of methoxy groups -OCH3 is 1. The van der Waals surface area contributed by atoms with Crippen LogP contribution in [-0.4, -0.2) is 92.1 Å².